The van der Waals surface area contributed by atoms with Gasteiger partial charge in [-0.15, -0.1) is 0 Å². The van der Waals surface area contributed by atoms with Crippen molar-refractivity contribution in [1.29, 1.82) is 0 Å². The predicted molar refractivity (Wildman–Crippen MR) is 53.2 cm³/mol. The normalized spacial score (nSPS) is 10.7. The van der Waals surface area contributed by atoms with Gasteiger partial charge in [-0.1, -0.05) is 0 Å². The zero-order valence-electron chi connectivity index (χ0n) is 8.23. The minimum Gasteiger partial charge on any atom is -0.398 e. The lowest BCUT2D eigenvalue weighted by molar-refractivity contribution is -0.384. The highest BCUT2D eigenvalue weighted by Gasteiger charge is 2.10. The summed E-state index contributed by atoms with van der Waals surface area (Å²) in [5.41, 5.74) is 5.97. The molecular formula is C9H10F2N2O3. The number of hydrogen-bond donors (Lipinski definition) is 1. The minimum absolute atomic E-state index is 0.148. The van der Waals surface area contributed by atoms with E-state index in [1.807, 2.05) is 0 Å². The van der Waals surface area contributed by atoms with Crippen LogP contribution in [0, 0.1) is 10.1 Å². The highest BCUT2D eigenvalue weighted by Crippen LogP contribution is 2.20. The first-order valence-electron chi connectivity index (χ1n) is 4.39. The van der Waals surface area contributed by atoms with Gasteiger partial charge in [0.15, 0.2) is 0 Å². The van der Waals surface area contributed by atoms with E-state index >= 15 is 0 Å². The van der Waals surface area contributed by atoms with Crippen LogP contribution in [-0.4, -0.2) is 18.0 Å². The van der Waals surface area contributed by atoms with Crippen LogP contribution in [0.15, 0.2) is 18.2 Å². The number of nitrogen functional groups attached to an aromatic ring is 1. The van der Waals surface area contributed by atoms with Gasteiger partial charge in [-0.25, -0.2) is 8.78 Å². The second kappa shape index (κ2) is 5.36. The van der Waals surface area contributed by atoms with E-state index in [1.165, 1.54) is 18.2 Å². The van der Waals surface area contributed by atoms with E-state index in [1.54, 1.807) is 0 Å². The number of anilines is 1. The molecule has 0 unspecified atom stereocenters. The zero-order chi connectivity index (χ0) is 12.1. The van der Waals surface area contributed by atoms with Gasteiger partial charge in [0.2, 0.25) is 0 Å². The van der Waals surface area contributed by atoms with E-state index < -0.39 is 18.0 Å². The summed E-state index contributed by atoms with van der Waals surface area (Å²) in [5, 5.41) is 10.5. The average Bonchev–Trinajstić information content (AvgIpc) is 2.20. The summed E-state index contributed by atoms with van der Waals surface area (Å²) in [7, 11) is 0. The Kier molecular flexibility index (Phi) is 4.12. The molecule has 0 saturated heterocycles. The minimum atomic E-state index is -2.57. The Labute approximate surface area is 90.0 Å². The standard InChI is InChI=1S/C9H10F2N2O3/c10-9(11)5-16-4-6-3-7(13(14)15)1-2-8(6)12/h1-3,9H,4-5,12H2. The van der Waals surface area contributed by atoms with Gasteiger partial charge in [-0.3, -0.25) is 10.1 Å². The summed E-state index contributed by atoms with van der Waals surface area (Å²) in [6.07, 6.45) is -2.57. The van der Waals surface area contributed by atoms with E-state index in [0.29, 0.717) is 5.56 Å². The van der Waals surface area contributed by atoms with Crippen molar-refractivity contribution in [2.24, 2.45) is 0 Å². The van der Waals surface area contributed by atoms with E-state index in [-0.39, 0.29) is 18.0 Å². The summed E-state index contributed by atoms with van der Waals surface area (Å²) in [5.74, 6) is 0. The van der Waals surface area contributed by atoms with Crippen LogP contribution in [0.3, 0.4) is 0 Å². The lowest BCUT2D eigenvalue weighted by Crippen LogP contribution is -2.06. The first-order chi connectivity index (χ1) is 7.50. The Morgan fingerprint density at radius 3 is 2.75 bits per heavy atom. The molecule has 0 bridgehead atoms. The monoisotopic (exact) mass is 232 g/mol. The fourth-order valence-corrected chi connectivity index (χ4v) is 1.09. The number of alkyl halides is 2. The van der Waals surface area contributed by atoms with Crippen molar-refractivity contribution in [2.45, 2.75) is 13.0 Å². The first-order valence-corrected chi connectivity index (χ1v) is 4.39. The van der Waals surface area contributed by atoms with Gasteiger partial charge in [0.1, 0.15) is 6.61 Å². The fourth-order valence-electron chi connectivity index (χ4n) is 1.09. The Balaban J connectivity index is 2.70. The Morgan fingerprint density at radius 1 is 1.50 bits per heavy atom. The number of non-ortho nitro benzene ring substituents is 1. The topological polar surface area (TPSA) is 78.4 Å². The van der Waals surface area contributed by atoms with E-state index in [0.717, 1.165) is 0 Å². The third-order valence-corrected chi connectivity index (χ3v) is 1.84. The van der Waals surface area contributed by atoms with Crippen LogP contribution in [0.5, 0.6) is 0 Å². The van der Waals surface area contributed by atoms with Crippen molar-refractivity contribution in [3.05, 3.63) is 33.9 Å². The highest BCUT2D eigenvalue weighted by atomic mass is 19.3. The maximum atomic E-state index is 11.8. The number of nitro benzene ring substituents is 1. The Morgan fingerprint density at radius 2 is 2.19 bits per heavy atom. The molecule has 0 fully saturated rings. The van der Waals surface area contributed by atoms with Gasteiger partial charge >= 0.3 is 0 Å². The molecule has 1 aromatic carbocycles. The van der Waals surface area contributed by atoms with Crippen molar-refractivity contribution >= 4 is 11.4 Å². The molecule has 0 aromatic heterocycles. The molecule has 2 N–H and O–H groups in total. The van der Waals surface area contributed by atoms with Gasteiger partial charge in [-0.05, 0) is 6.07 Å². The summed E-state index contributed by atoms with van der Waals surface area (Å²) < 4.78 is 28.2. The lowest BCUT2D eigenvalue weighted by Gasteiger charge is -2.06. The second-order valence-corrected chi connectivity index (χ2v) is 3.05. The summed E-state index contributed by atoms with van der Waals surface area (Å²) in [4.78, 5) is 9.86. The van der Waals surface area contributed by atoms with Gasteiger partial charge in [0, 0.05) is 23.4 Å². The molecule has 0 heterocycles. The van der Waals surface area contributed by atoms with Crippen molar-refractivity contribution in [1.82, 2.24) is 0 Å². The summed E-state index contributed by atoms with van der Waals surface area (Å²) in [6, 6.07) is 3.80. The maximum Gasteiger partial charge on any atom is 0.269 e. The van der Waals surface area contributed by atoms with Gasteiger partial charge in [0.05, 0.1) is 11.5 Å². The number of nitrogens with two attached hydrogens (primary N) is 1. The molecule has 0 aliphatic carbocycles. The van der Waals surface area contributed by atoms with Crippen molar-refractivity contribution in [3.8, 4) is 0 Å². The van der Waals surface area contributed by atoms with Gasteiger partial charge in [-0.2, -0.15) is 0 Å². The number of rotatable bonds is 5. The molecule has 0 aliphatic heterocycles. The lowest BCUT2D eigenvalue weighted by atomic mass is 10.2. The SMILES string of the molecule is Nc1ccc([N+](=O)[O-])cc1COCC(F)F. The molecule has 0 saturated carbocycles. The second-order valence-electron chi connectivity index (χ2n) is 3.05. The van der Waals surface area contributed by atoms with Crippen LogP contribution in [-0.2, 0) is 11.3 Å². The molecule has 7 heteroatoms. The molecule has 0 amide bonds. The molecule has 0 aliphatic rings. The Hall–Kier alpha value is -1.76. The number of nitro groups is 1. The molecule has 0 atom stereocenters. The fraction of sp³-hybridized carbons (Fsp3) is 0.333. The van der Waals surface area contributed by atoms with Crippen molar-refractivity contribution in [3.63, 3.8) is 0 Å². The number of hydrogen-bond acceptors (Lipinski definition) is 4. The molecule has 1 rings (SSSR count). The maximum absolute atomic E-state index is 11.8. The van der Waals surface area contributed by atoms with Crippen LogP contribution in [0.25, 0.3) is 0 Å². The summed E-state index contributed by atoms with van der Waals surface area (Å²) >= 11 is 0. The molecule has 88 valence electrons. The molecule has 1 aromatic rings. The predicted octanol–water partition coefficient (Wildman–Crippen LogP) is 1.96. The van der Waals surface area contributed by atoms with Crippen LogP contribution >= 0.6 is 0 Å². The van der Waals surface area contributed by atoms with Crippen LogP contribution in [0.1, 0.15) is 5.56 Å². The van der Waals surface area contributed by atoms with E-state index in [2.05, 4.69) is 4.74 Å². The van der Waals surface area contributed by atoms with Crippen molar-refractivity contribution < 1.29 is 18.4 Å². The molecule has 16 heavy (non-hydrogen) atoms. The summed E-state index contributed by atoms with van der Waals surface area (Å²) in [6.45, 7) is -0.889. The quantitative estimate of drug-likeness (QED) is 0.478. The number of ether oxygens (including phenoxy) is 1. The number of nitrogens with zero attached hydrogens (tertiary/aromatic N) is 1. The molecule has 0 radical (unpaired) electrons. The smallest absolute Gasteiger partial charge is 0.269 e. The van der Waals surface area contributed by atoms with E-state index in [9.17, 15) is 18.9 Å². The molecule has 0 spiro atoms. The van der Waals surface area contributed by atoms with Gasteiger partial charge in [0.25, 0.3) is 12.1 Å². The van der Waals surface area contributed by atoms with E-state index in [4.69, 9.17) is 5.73 Å². The zero-order valence-corrected chi connectivity index (χ0v) is 8.23. The number of benzene rings is 1. The molecular weight excluding hydrogens is 222 g/mol. The largest absolute Gasteiger partial charge is 0.398 e. The first kappa shape index (κ1) is 12.3. The average molecular weight is 232 g/mol. The Bertz CT molecular complexity index is 385. The van der Waals surface area contributed by atoms with Crippen LogP contribution in [0.4, 0.5) is 20.2 Å². The number of halogens is 2. The van der Waals surface area contributed by atoms with Crippen LogP contribution in [0.2, 0.25) is 0 Å². The third kappa shape index (κ3) is 3.43. The van der Waals surface area contributed by atoms with Crippen molar-refractivity contribution in [2.75, 3.05) is 12.3 Å². The van der Waals surface area contributed by atoms with Crippen LogP contribution < -0.4 is 5.73 Å². The molecule has 5 nitrogen and oxygen atoms in total. The van der Waals surface area contributed by atoms with Gasteiger partial charge < -0.3 is 10.5 Å². The highest BCUT2D eigenvalue weighted by molar-refractivity contribution is 5.52. The third-order valence-electron chi connectivity index (χ3n) is 1.84.